The molecular weight excluding hydrogens is 247 g/mol. The lowest BCUT2D eigenvalue weighted by Crippen LogP contribution is -1.98. The Bertz CT molecular complexity index is 472. The predicted octanol–water partition coefficient (Wildman–Crippen LogP) is 2.02. The van der Waals surface area contributed by atoms with Gasteiger partial charge in [0.1, 0.15) is 9.92 Å². The number of hydrogen-bond donors (Lipinski definition) is 0. The summed E-state index contributed by atoms with van der Waals surface area (Å²) in [6.07, 6.45) is 0. The van der Waals surface area contributed by atoms with Crippen LogP contribution in [0.15, 0.2) is 17.0 Å². The van der Waals surface area contributed by atoms with Gasteiger partial charge in [0.25, 0.3) is 0 Å². The second-order valence-electron chi connectivity index (χ2n) is 2.55. The van der Waals surface area contributed by atoms with Crippen LogP contribution in [0.2, 0.25) is 5.02 Å². The van der Waals surface area contributed by atoms with Crippen molar-refractivity contribution >= 4 is 21.8 Å². The van der Waals surface area contributed by atoms with E-state index >= 15 is 0 Å². The van der Waals surface area contributed by atoms with Gasteiger partial charge < -0.3 is 9.47 Å². The summed E-state index contributed by atoms with van der Waals surface area (Å²) in [5.74, 6) is 0.216. The molecule has 0 atom stereocenters. The number of hydrogen-bond acceptors (Lipinski definition) is 4. The lowest BCUT2D eigenvalue weighted by molar-refractivity contribution is 0.354. The monoisotopic (exact) mass is 254 g/mol. The molecule has 1 aromatic carbocycles. The SMILES string of the molecule is COc1ccc(S(=O)(=O)F)c(Cl)c1OC. The minimum absolute atomic E-state index is 0.0158. The fourth-order valence-corrected chi connectivity index (χ4v) is 2.11. The van der Waals surface area contributed by atoms with Crippen molar-refractivity contribution in [2.75, 3.05) is 14.2 Å². The zero-order valence-electron chi connectivity index (χ0n) is 7.95. The molecule has 0 saturated carbocycles. The molecule has 0 bridgehead atoms. The molecule has 84 valence electrons. The van der Waals surface area contributed by atoms with Gasteiger partial charge in [0.15, 0.2) is 11.5 Å². The molecule has 7 heteroatoms. The lowest BCUT2D eigenvalue weighted by Gasteiger charge is -2.10. The van der Waals surface area contributed by atoms with Crippen molar-refractivity contribution in [3.63, 3.8) is 0 Å². The maximum atomic E-state index is 12.7. The lowest BCUT2D eigenvalue weighted by atomic mass is 10.3. The van der Waals surface area contributed by atoms with Crippen molar-refractivity contribution < 1.29 is 21.8 Å². The molecule has 0 heterocycles. The van der Waals surface area contributed by atoms with Crippen molar-refractivity contribution in [3.05, 3.63) is 17.2 Å². The fourth-order valence-electron chi connectivity index (χ4n) is 1.06. The molecule has 0 radical (unpaired) electrons. The molecule has 4 nitrogen and oxygen atoms in total. The van der Waals surface area contributed by atoms with Crippen LogP contribution in [0.3, 0.4) is 0 Å². The van der Waals surface area contributed by atoms with Gasteiger partial charge in [-0.1, -0.05) is 11.6 Å². The Morgan fingerprint density at radius 3 is 2.27 bits per heavy atom. The van der Waals surface area contributed by atoms with Crippen molar-refractivity contribution in [3.8, 4) is 11.5 Å². The summed E-state index contributed by atoms with van der Waals surface area (Å²) in [6, 6.07) is 2.27. The molecule has 15 heavy (non-hydrogen) atoms. The summed E-state index contributed by atoms with van der Waals surface area (Å²) in [5.41, 5.74) is 0. The number of halogens is 2. The van der Waals surface area contributed by atoms with E-state index in [4.69, 9.17) is 21.1 Å². The number of rotatable bonds is 3. The molecule has 0 saturated heterocycles. The third kappa shape index (κ3) is 2.32. The summed E-state index contributed by atoms with van der Waals surface area (Å²) < 4.78 is 43.7. The van der Waals surface area contributed by atoms with Crippen LogP contribution in [0.4, 0.5) is 3.89 Å². The van der Waals surface area contributed by atoms with Crippen LogP contribution in [0, 0.1) is 0 Å². The molecule has 0 aromatic heterocycles. The van der Waals surface area contributed by atoms with Crippen LogP contribution in [-0.2, 0) is 10.2 Å². The molecular formula is C8H8ClFO4S. The van der Waals surface area contributed by atoms with Gasteiger partial charge in [0.05, 0.1) is 14.2 Å². The first-order chi connectivity index (χ1) is 6.91. The highest BCUT2D eigenvalue weighted by atomic mass is 35.5. The van der Waals surface area contributed by atoms with Crippen molar-refractivity contribution in [1.29, 1.82) is 0 Å². The maximum Gasteiger partial charge on any atom is 0.333 e. The van der Waals surface area contributed by atoms with Crippen LogP contribution in [0.1, 0.15) is 0 Å². The number of methoxy groups -OCH3 is 2. The van der Waals surface area contributed by atoms with Crippen molar-refractivity contribution in [2.24, 2.45) is 0 Å². The number of benzene rings is 1. The Morgan fingerprint density at radius 1 is 1.27 bits per heavy atom. The standard InChI is InChI=1S/C8H8ClFO4S/c1-13-5-3-4-6(15(10,11)12)7(9)8(5)14-2/h3-4H,1-2H3. The normalized spacial score (nSPS) is 11.2. The van der Waals surface area contributed by atoms with E-state index in [0.717, 1.165) is 6.07 Å². The van der Waals surface area contributed by atoms with Gasteiger partial charge in [-0.25, -0.2) is 0 Å². The Morgan fingerprint density at radius 2 is 1.87 bits per heavy atom. The van der Waals surface area contributed by atoms with Gasteiger partial charge in [-0.15, -0.1) is 3.89 Å². The Kier molecular flexibility index (Phi) is 3.41. The van der Waals surface area contributed by atoms with Crippen molar-refractivity contribution in [1.82, 2.24) is 0 Å². The fraction of sp³-hybridized carbons (Fsp3) is 0.250. The molecule has 0 aliphatic carbocycles. The van der Waals surface area contributed by atoms with E-state index in [9.17, 15) is 12.3 Å². The maximum absolute atomic E-state index is 12.7. The number of ether oxygens (including phenoxy) is 2. The predicted molar refractivity (Wildman–Crippen MR) is 52.8 cm³/mol. The summed E-state index contributed by atoms with van der Waals surface area (Å²) >= 11 is 5.65. The molecule has 0 amide bonds. The largest absolute Gasteiger partial charge is 0.493 e. The third-order valence-electron chi connectivity index (χ3n) is 1.71. The molecule has 0 N–H and O–H groups in total. The first-order valence-corrected chi connectivity index (χ1v) is 5.53. The van der Waals surface area contributed by atoms with E-state index in [0.29, 0.717) is 0 Å². The minimum atomic E-state index is -4.86. The van der Waals surface area contributed by atoms with E-state index in [1.165, 1.54) is 20.3 Å². The highest BCUT2D eigenvalue weighted by molar-refractivity contribution is 7.86. The molecule has 0 aliphatic rings. The molecule has 0 spiro atoms. The molecule has 0 fully saturated rings. The Hall–Kier alpha value is -1.01. The Balaban J connectivity index is 3.50. The average molecular weight is 255 g/mol. The van der Waals surface area contributed by atoms with Crippen LogP contribution in [0.25, 0.3) is 0 Å². The molecule has 0 aliphatic heterocycles. The van der Waals surface area contributed by atoms with E-state index in [-0.39, 0.29) is 16.5 Å². The van der Waals surface area contributed by atoms with Crippen molar-refractivity contribution in [2.45, 2.75) is 4.90 Å². The zero-order valence-corrected chi connectivity index (χ0v) is 9.52. The second kappa shape index (κ2) is 4.24. The van der Waals surface area contributed by atoms with Gasteiger partial charge in [0.2, 0.25) is 0 Å². The van der Waals surface area contributed by atoms with Gasteiger partial charge in [-0.2, -0.15) is 8.42 Å². The quantitative estimate of drug-likeness (QED) is 0.775. The third-order valence-corrected chi connectivity index (χ3v) is 3.07. The highest BCUT2D eigenvalue weighted by Gasteiger charge is 2.22. The summed E-state index contributed by atoms with van der Waals surface area (Å²) in [6.45, 7) is 0. The van der Waals surface area contributed by atoms with E-state index in [1.54, 1.807) is 0 Å². The first kappa shape index (κ1) is 12.1. The van der Waals surface area contributed by atoms with Gasteiger partial charge >= 0.3 is 10.2 Å². The molecule has 1 rings (SSSR count). The van der Waals surface area contributed by atoms with Crippen LogP contribution >= 0.6 is 11.6 Å². The van der Waals surface area contributed by atoms with Gasteiger partial charge in [0, 0.05) is 0 Å². The summed E-state index contributed by atoms with van der Waals surface area (Å²) in [5, 5.41) is -0.334. The van der Waals surface area contributed by atoms with Crippen LogP contribution in [-0.4, -0.2) is 22.6 Å². The van der Waals surface area contributed by atoms with Gasteiger partial charge in [-0.3, -0.25) is 0 Å². The van der Waals surface area contributed by atoms with E-state index in [2.05, 4.69) is 0 Å². The summed E-state index contributed by atoms with van der Waals surface area (Å²) in [7, 11) is -2.22. The summed E-state index contributed by atoms with van der Waals surface area (Å²) in [4.78, 5) is -0.637. The first-order valence-electron chi connectivity index (χ1n) is 3.77. The zero-order chi connectivity index (χ0) is 11.6. The molecule has 0 unspecified atom stereocenters. The van der Waals surface area contributed by atoms with Crippen LogP contribution in [0.5, 0.6) is 11.5 Å². The average Bonchev–Trinajstić information content (AvgIpc) is 2.15. The topological polar surface area (TPSA) is 52.6 Å². The minimum Gasteiger partial charge on any atom is -0.493 e. The molecule has 1 aromatic rings. The van der Waals surface area contributed by atoms with Crippen LogP contribution < -0.4 is 9.47 Å². The highest BCUT2D eigenvalue weighted by Crippen LogP contribution is 2.39. The van der Waals surface area contributed by atoms with Gasteiger partial charge in [-0.05, 0) is 12.1 Å². The van der Waals surface area contributed by atoms with E-state index < -0.39 is 15.1 Å². The Labute approximate surface area is 91.8 Å². The second-order valence-corrected chi connectivity index (χ2v) is 4.24. The van der Waals surface area contributed by atoms with E-state index in [1.807, 2.05) is 0 Å². The smallest absolute Gasteiger partial charge is 0.333 e.